The van der Waals surface area contributed by atoms with Gasteiger partial charge in [-0.2, -0.15) is 0 Å². The van der Waals surface area contributed by atoms with E-state index in [2.05, 4.69) is 0 Å². The molecule has 4 heavy (non-hydrogen) atoms. The molecule has 0 aromatic carbocycles. The first-order chi connectivity index (χ1) is 0. The van der Waals surface area contributed by atoms with Gasteiger partial charge in [0.15, 0.2) is 0 Å². The Morgan fingerprint density at radius 3 is 1.00 bits per heavy atom. The summed E-state index contributed by atoms with van der Waals surface area (Å²) in [5.74, 6) is 0. The van der Waals surface area contributed by atoms with E-state index >= 15 is 0 Å². The van der Waals surface area contributed by atoms with E-state index in [9.17, 15) is 0 Å². The summed E-state index contributed by atoms with van der Waals surface area (Å²) in [4.78, 5) is 0. The van der Waals surface area contributed by atoms with E-state index in [0.717, 1.165) is 0 Å². The predicted octanol–water partition coefficient (Wildman–Crippen LogP) is -0.767. The minimum Gasteiger partial charge on any atom is 0 e. The van der Waals surface area contributed by atoms with Crippen LogP contribution in [0.2, 0.25) is 0 Å². The second kappa shape index (κ2) is 16.6. The molecular weight excluding hydrogens is 407 g/mol. The molecule has 0 amide bonds. The van der Waals surface area contributed by atoms with Crippen LogP contribution in [0.15, 0.2) is 0 Å². The van der Waals surface area contributed by atoms with Crippen LogP contribution >= 0.6 is 0 Å². The molecule has 0 heterocycles. The van der Waals surface area contributed by atoms with E-state index in [-0.39, 0.29) is 91.6 Å². The minimum absolute atomic E-state index is 0. The number of rotatable bonds is 0. The van der Waals surface area contributed by atoms with Crippen LogP contribution in [0.3, 0.4) is 0 Å². The van der Waals surface area contributed by atoms with Crippen LogP contribution in [0, 0.1) is 0 Å². The van der Waals surface area contributed by atoms with Crippen molar-refractivity contribution in [2.24, 2.45) is 0 Å². The third kappa shape index (κ3) is 8.90. The SMILES string of the molecule is [Ag].[In].[Sn].[Zn]. The van der Waals surface area contributed by atoms with Crippen molar-refractivity contribution < 1.29 is 41.9 Å². The molecule has 0 aromatic heterocycles. The van der Waals surface area contributed by atoms with Crippen molar-refractivity contribution in [3.8, 4) is 0 Å². The molecule has 0 N–H and O–H groups in total. The Bertz CT molecular complexity index is 8.00. The summed E-state index contributed by atoms with van der Waals surface area (Å²) in [5.41, 5.74) is 0. The zero-order valence-corrected chi connectivity index (χ0v) is 12.7. The Kier molecular flexibility index (Phi) is 116. The molecule has 0 atom stereocenters. The fourth-order valence-electron chi connectivity index (χ4n) is 0. The summed E-state index contributed by atoms with van der Waals surface area (Å²) >= 11 is 0. The fourth-order valence-corrected chi connectivity index (χ4v) is 0. The van der Waals surface area contributed by atoms with Crippen molar-refractivity contribution in [2.75, 3.05) is 0 Å². The molecule has 0 nitrogen and oxygen atoms in total. The quantitative estimate of drug-likeness (QED) is 0.464. The first-order valence-electron chi connectivity index (χ1n) is 0. The van der Waals surface area contributed by atoms with E-state index in [1.807, 2.05) is 0 Å². The maximum absolute atomic E-state index is 0. The van der Waals surface area contributed by atoms with Crippen molar-refractivity contribution in [3.63, 3.8) is 0 Å². The first-order valence-corrected chi connectivity index (χ1v) is 0. The Hall–Kier alpha value is 3.03. The molecule has 4 heteroatoms. The molecule has 0 aliphatic rings. The molecule has 0 aliphatic carbocycles. The van der Waals surface area contributed by atoms with E-state index in [0.29, 0.717) is 0 Å². The molecule has 8 radical (unpaired) electrons. The van der Waals surface area contributed by atoms with Crippen molar-refractivity contribution in [1.82, 2.24) is 0 Å². The monoisotopic (exact) mass is 406 g/mol. The van der Waals surface area contributed by atoms with E-state index in [1.54, 1.807) is 0 Å². The molecule has 0 spiro atoms. The second-order valence-corrected chi connectivity index (χ2v) is 0. The number of hydrogen-bond acceptors (Lipinski definition) is 0. The van der Waals surface area contributed by atoms with Crippen LogP contribution in [0.4, 0.5) is 0 Å². The average molecular weight is 407 g/mol. The van der Waals surface area contributed by atoms with Crippen molar-refractivity contribution in [2.45, 2.75) is 0 Å². The molecule has 0 fully saturated rings. The zero-order chi connectivity index (χ0) is 0. The van der Waals surface area contributed by atoms with Crippen molar-refractivity contribution in [3.05, 3.63) is 0 Å². The van der Waals surface area contributed by atoms with E-state index < -0.39 is 0 Å². The Labute approximate surface area is 89.9 Å². The van der Waals surface area contributed by atoms with Gasteiger partial charge in [-0.15, -0.1) is 0 Å². The molecule has 0 saturated heterocycles. The first kappa shape index (κ1) is 27.8. The fraction of sp³-hybridized carbons (Fsp3) is 0. The predicted molar refractivity (Wildman–Crippen MR) is 11.5 cm³/mol. The molecule has 0 aliphatic heterocycles. The van der Waals surface area contributed by atoms with Crippen molar-refractivity contribution >= 4 is 49.8 Å². The molecule has 0 unspecified atom stereocenters. The third-order valence-electron chi connectivity index (χ3n) is 0. The summed E-state index contributed by atoms with van der Waals surface area (Å²) in [7, 11) is 0. The normalized spacial score (nSPS) is 0. The molecule has 20 valence electrons. The van der Waals surface area contributed by atoms with E-state index in [4.69, 9.17) is 0 Å². The van der Waals surface area contributed by atoms with Gasteiger partial charge < -0.3 is 0 Å². The van der Waals surface area contributed by atoms with Crippen LogP contribution in [0.5, 0.6) is 0 Å². The summed E-state index contributed by atoms with van der Waals surface area (Å²) in [6, 6.07) is 0. The Morgan fingerprint density at radius 1 is 1.00 bits per heavy atom. The second-order valence-electron chi connectivity index (χ2n) is 0. The third-order valence-corrected chi connectivity index (χ3v) is 0. The largest absolute Gasteiger partial charge is 0 e. The van der Waals surface area contributed by atoms with Crippen LogP contribution in [-0.4, -0.2) is 49.8 Å². The number of hydrogen-bond donors (Lipinski definition) is 0. The Morgan fingerprint density at radius 2 is 1.00 bits per heavy atom. The van der Waals surface area contributed by atoms with Crippen molar-refractivity contribution in [1.29, 1.82) is 0 Å². The van der Waals surface area contributed by atoms with Gasteiger partial charge in [-0.3, -0.25) is 0 Å². The smallest absolute Gasteiger partial charge is 0 e. The van der Waals surface area contributed by atoms with Crippen LogP contribution < -0.4 is 0 Å². The molecule has 0 saturated carbocycles. The van der Waals surface area contributed by atoms with Gasteiger partial charge in [0.2, 0.25) is 0 Å². The van der Waals surface area contributed by atoms with Gasteiger partial charge in [0, 0.05) is 91.6 Å². The van der Waals surface area contributed by atoms with Gasteiger partial charge in [-0.25, -0.2) is 0 Å². The maximum atomic E-state index is 0. The van der Waals surface area contributed by atoms with Gasteiger partial charge in [-0.1, -0.05) is 0 Å². The van der Waals surface area contributed by atoms with Gasteiger partial charge in [0.1, 0.15) is 0 Å². The summed E-state index contributed by atoms with van der Waals surface area (Å²) < 4.78 is 0. The Balaban J connectivity index is 0. The zero-order valence-electron chi connectivity index (χ0n) is 2.09. The van der Waals surface area contributed by atoms with Gasteiger partial charge in [0.05, 0.1) is 0 Å². The molecular formula is AgInSnZn. The molecule has 0 aromatic rings. The molecule has 0 rings (SSSR count). The summed E-state index contributed by atoms with van der Waals surface area (Å²) in [6.07, 6.45) is 0. The van der Waals surface area contributed by atoms with E-state index in [1.165, 1.54) is 0 Å². The molecule has 0 bridgehead atoms. The van der Waals surface area contributed by atoms with Crippen LogP contribution in [0.25, 0.3) is 0 Å². The minimum atomic E-state index is 0. The van der Waals surface area contributed by atoms with Gasteiger partial charge >= 0.3 is 0 Å². The summed E-state index contributed by atoms with van der Waals surface area (Å²) in [5, 5.41) is 0. The standard InChI is InChI=1S/Ag.In.Sn.Zn. The topological polar surface area (TPSA) is 0 Å². The van der Waals surface area contributed by atoms with Gasteiger partial charge in [0.25, 0.3) is 0 Å². The van der Waals surface area contributed by atoms with Crippen LogP contribution in [-0.2, 0) is 41.9 Å². The average Bonchev–Trinajstić information content (AvgIpc) is 0. The maximum Gasteiger partial charge on any atom is 0 e. The van der Waals surface area contributed by atoms with Gasteiger partial charge in [-0.05, 0) is 0 Å². The van der Waals surface area contributed by atoms with Crippen LogP contribution in [0.1, 0.15) is 0 Å². The summed E-state index contributed by atoms with van der Waals surface area (Å²) in [6.45, 7) is 0.